The van der Waals surface area contributed by atoms with Crippen molar-refractivity contribution in [2.45, 2.75) is 32.5 Å². The highest BCUT2D eigenvalue weighted by atomic mass is 79.9. The predicted molar refractivity (Wildman–Crippen MR) is 71.7 cm³/mol. The number of carbonyl (C=O) groups excluding carboxylic acids is 1. The number of rotatable bonds is 3. The lowest BCUT2D eigenvalue weighted by Gasteiger charge is -2.25. The molecule has 0 aliphatic carbocycles. The molecule has 1 nitrogen and oxygen atoms in total. The molecule has 0 radical (unpaired) electrons. The molecule has 0 spiro atoms. The summed E-state index contributed by atoms with van der Waals surface area (Å²) < 4.78 is 0. The molecule has 2 atom stereocenters. The molecule has 1 aromatic rings. The summed E-state index contributed by atoms with van der Waals surface area (Å²) in [5.41, 5.74) is 0.882. The lowest BCUT2D eigenvalue weighted by atomic mass is 9.81. The Kier molecular flexibility index (Phi) is 4.31. The standard InChI is InChI=1S/C14H19BrO/c1-10(13(16)14(2,3)4)12(15)11-8-6-5-7-9-11/h5-10,12H,1-4H3. The van der Waals surface area contributed by atoms with Gasteiger partial charge in [0.25, 0.3) is 0 Å². The zero-order chi connectivity index (χ0) is 12.3. The third-order valence-corrected chi connectivity index (χ3v) is 4.03. The molecule has 0 fully saturated rings. The van der Waals surface area contributed by atoms with Gasteiger partial charge in [0.1, 0.15) is 5.78 Å². The van der Waals surface area contributed by atoms with Crippen molar-refractivity contribution >= 4 is 21.7 Å². The molecule has 16 heavy (non-hydrogen) atoms. The maximum atomic E-state index is 12.1. The summed E-state index contributed by atoms with van der Waals surface area (Å²) in [5.74, 6) is 0.278. The number of carbonyl (C=O) groups is 1. The molecule has 2 unspecified atom stereocenters. The van der Waals surface area contributed by atoms with Crippen molar-refractivity contribution in [3.63, 3.8) is 0 Å². The van der Waals surface area contributed by atoms with E-state index in [0.29, 0.717) is 5.78 Å². The Morgan fingerprint density at radius 1 is 1.19 bits per heavy atom. The van der Waals surface area contributed by atoms with Crippen molar-refractivity contribution in [2.75, 3.05) is 0 Å². The molecule has 0 aliphatic heterocycles. The Bertz CT molecular complexity index is 351. The van der Waals surface area contributed by atoms with E-state index in [1.165, 1.54) is 0 Å². The lowest BCUT2D eigenvalue weighted by molar-refractivity contribution is -0.129. The molecule has 0 saturated heterocycles. The van der Waals surface area contributed by atoms with Crippen LogP contribution in [0.5, 0.6) is 0 Å². The second kappa shape index (κ2) is 5.13. The van der Waals surface area contributed by atoms with Crippen LogP contribution < -0.4 is 0 Å². The number of alkyl halides is 1. The fourth-order valence-corrected chi connectivity index (χ4v) is 2.29. The fourth-order valence-electron chi connectivity index (χ4n) is 1.74. The van der Waals surface area contributed by atoms with Crippen LogP contribution in [0.2, 0.25) is 0 Å². The van der Waals surface area contributed by atoms with Gasteiger partial charge in [-0.1, -0.05) is 74.0 Å². The lowest BCUT2D eigenvalue weighted by Crippen LogP contribution is -2.28. The normalized spacial score (nSPS) is 15.6. The highest BCUT2D eigenvalue weighted by molar-refractivity contribution is 9.09. The Morgan fingerprint density at radius 3 is 2.12 bits per heavy atom. The Balaban J connectivity index is 2.83. The predicted octanol–water partition coefficient (Wildman–Crippen LogP) is 4.37. The topological polar surface area (TPSA) is 17.1 Å². The minimum Gasteiger partial charge on any atom is -0.299 e. The largest absolute Gasteiger partial charge is 0.299 e. The van der Waals surface area contributed by atoms with Crippen molar-refractivity contribution in [3.8, 4) is 0 Å². The van der Waals surface area contributed by atoms with Gasteiger partial charge in [0.05, 0.1) is 0 Å². The van der Waals surface area contributed by atoms with Crippen molar-refractivity contribution in [1.29, 1.82) is 0 Å². The quantitative estimate of drug-likeness (QED) is 0.753. The molecule has 1 aromatic carbocycles. The summed E-state index contributed by atoms with van der Waals surface area (Å²) in [6.07, 6.45) is 0. The maximum absolute atomic E-state index is 12.1. The van der Waals surface area contributed by atoms with Crippen LogP contribution >= 0.6 is 15.9 Å². The van der Waals surface area contributed by atoms with Crippen LogP contribution in [0.3, 0.4) is 0 Å². The summed E-state index contributed by atoms with van der Waals surface area (Å²) in [5, 5.41) is 0. The van der Waals surface area contributed by atoms with Gasteiger partial charge in [-0.05, 0) is 5.56 Å². The maximum Gasteiger partial charge on any atom is 0.142 e. The molecule has 0 saturated carbocycles. The highest BCUT2D eigenvalue weighted by Gasteiger charge is 2.31. The minimum atomic E-state index is -0.278. The van der Waals surface area contributed by atoms with E-state index in [0.717, 1.165) is 5.56 Å². The van der Waals surface area contributed by atoms with E-state index in [1.54, 1.807) is 0 Å². The summed E-state index contributed by atoms with van der Waals surface area (Å²) in [4.78, 5) is 12.2. The van der Waals surface area contributed by atoms with Crippen molar-refractivity contribution in [2.24, 2.45) is 11.3 Å². The first-order valence-corrected chi connectivity index (χ1v) is 6.49. The molecule has 1 rings (SSSR count). The number of ketones is 1. The molecule has 88 valence electrons. The van der Waals surface area contributed by atoms with Crippen LogP contribution in [0.4, 0.5) is 0 Å². The van der Waals surface area contributed by atoms with Crippen molar-refractivity contribution < 1.29 is 4.79 Å². The van der Waals surface area contributed by atoms with Crippen LogP contribution in [0.15, 0.2) is 30.3 Å². The van der Waals surface area contributed by atoms with E-state index in [4.69, 9.17) is 0 Å². The minimum absolute atomic E-state index is 0.0117. The second-order valence-electron chi connectivity index (χ2n) is 5.22. The third kappa shape index (κ3) is 3.18. The van der Waals surface area contributed by atoms with E-state index in [1.807, 2.05) is 58.0 Å². The Labute approximate surface area is 106 Å². The van der Waals surface area contributed by atoms with Gasteiger partial charge in [0.2, 0.25) is 0 Å². The molecule has 0 N–H and O–H groups in total. The van der Waals surface area contributed by atoms with Crippen LogP contribution in [-0.4, -0.2) is 5.78 Å². The average molecular weight is 283 g/mol. The zero-order valence-corrected chi connectivity index (χ0v) is 11.9. The molecule has 2 heteroatoms. The van der Waals surface area contributed by atoms with E-state index < -0.39 is 0 Å². The first-order valence-electron chi connectivity index (χ1n) is 5.57. The summed E-state index contributed by atoms with van der Waals surface area (Å²) in [6, 6.07) is 10.1. The average Bonchev–Trinajstić information content (AvgIpc) is 2.26. The van der Waals surface area contributed by atoms with Gasteiger partial charge in [-0.2, -0.15) is 0 Å². The number of hydrogen-bond donors (Lipinski definition) is 0. The Morgan fingerprint density at radius 2 is 1.69 bits per heavy atom. The van der Waals surface area contributed by atoms with Gasteiger partial charge >= 0.3 is 0 Å². The summed E-state index contributed by atoms with van der Waals surface area (Å²) in [7, 11) is 0. The number of benzene rings is 1. The van der Waals surface area contributed by atoms with Gasteiger partial charge < -0.3 is 0 Å². The number of hydrogen-bond acceptors (Lipinski definition) is 1. The van der Waals surface area contributed by atoms with Crippen molar-refractivity contribution in [1.82, 2.24) is 0 Å². The van der Waals surface area contributed by atoms with Gasteiger partial charge in [-0.25, -0.2) is 0 Å². The van der Waals surface area contributed by atoms with Crippen LogP contribution in [0, 0.1) is 11.3 Å². The molecular weight excluding hydrogens is 264 g/mol. The molecular formula is C14H19BrO. The number of Topliss-reactive ketones (excluding diaryl/α,β-unsaturated/α-hetero) is 1. The third-order valence-electron chi connectivity index (χ3n) is 2.71. The van der Waals surface area contributed by atoms with E-state index in [-0.39, 0.29) is 16.2 Å². The Hall–Kier alpha value is -0.630. The molecule has 0 amide bonds. The van der Waals surface area contributed by atoms with Crippen molar-refractivity contribution in [3.05, 3.63) is 35.9 Å². The first-order chi connectivity index (χ1) is 7.34. The number of halogens is 1. The second-order valence-corrected chi connectivity index (χ2v) is 6.20. The molecule has 0 aliphatic rings. The first kappa shape index (κ1) is 13.4. The van der Waals surface area contributed by atoms with Crippen LogP contribution in [0.1, 0.15) is 38.1 Å². The molecule has 0 bridgehead atoms. The zero-order valence-electron chi connectivity index (χ0n) is 10.3. The van der Waals surface area contributed by atoms with E-state index >= 15 is 0 Å². The molecule has 0 heterocycles. The van der Waals surface area contributed by atoms with Gasteiger partial charge in [-0.15, -0.1) is 0 Å². The van der Waals surface area contributed by atoms with Crippen LogP contribution in [-0.2, 0) is 4.79 Å². The summed E-state index contributed by atoms with van der Waals surface area (Å²) in [6.45, 7) is 7.89. The smallest absolute Gasteiger partial charge is 0.142 e. The van der Waals surface area contributed by atoms with E-state index in [9.17, 15) is 4.79 Å². The van der Waals surface area contributed by atoms with Crippen LogP contribution in [0.25, 0.3) is 0 Å². The summed E-state index contributed by atoms with van der Waals surface area (Å²) >= 11 is 3.62. The van der Waals surface area contributed by atoms with Gasteiger partial charge in [-0.3, -0.25) is 4.79 Å². The van der Waals surface area contributed by atoms with E-state index in [2.05, 4.69) is 15.9 Å². The fraction of sp³-hybridized carbons (Fsp3) is 0.500. The monoisotopic (exact) mass is 282 g/mol. The molecule has 0 aromatic heterocycles. The van der Waals surface area contributed by atoms with Gasteiger partial charge in [0, 0.05) is 16.2 Å². The SMILES string of the molecule is CC(C(=O)C(C)(C)C)C(Br)c1ccccc1. The highest BCUT2D eigenvalue weighted by Crippen LogP contribution is 2.35. The van der Waals surface area contributed by atoms with Gasteiger partial charge in [0.15, 0.2) is 0 Å².